The maximum Gasteiger partial charge on any atom is 0.414 e. The zero-order valence-electron chi connectivity index (χ0n) is 17.1. The van der Waals surface area contributed by atoms with Crippen molar-refractivity contribution in [3.05, 3.63) is 84.4 Å². The Labute approximate surface area is 184 Å². The van der Waals surface area contributed by atoms with Crippen LogP contribution in [-0.4, -0.2) is 37.7 Å². The lowest BCUT2D eigenvalue weighted by atomic mass is 10.1. The minimum atomic E-state index is -0.502. The number of rotatable bonds is 6. The van der Waals surface area contributed by atoms with Crippen LogP contribution >= 0.6 is 0 Å². The van der Waals surface area contributed by atoms with Crippen LogP contribution in [0.1, 0.15) is 10.4 Å². The molecule has 0 radical (unpaired) electrons. The number of anilines is 1. The van der Waals surface area contributed by atoms with Crippen molar-refractivity contribution in [1.29, 1.82) is 0 Å². The fourth-order valence-corrected chi connectivity index (χ4v) is 3.25. The molecule has 0 aromatic heterocycles. The second-order valence-corrected chi connectivity index (χ2v) is 6.97. The van der Waals surface area contributed by atoms with Crippen LogP contribution in [0.15, 0.2) is 78.9 Å². The quantitative estimate of drug-likeness (QED) is 0.585. The highest BCUT2D eigenvalue weighted by molar-refractivity contribution is 5.96. The molecular formula is C24H21N3O5. The number of hydrazine groups is 1. The number of nitrogens with one attached hydrogen (secondary N) is 2. The van der Waals surface area contributed by atoms with E-state index in [0.717, 1.165) is 11.1 Å². The van der Waals surface area contributed by atoms with Crippen molar-refractivity contribution >= 4 is 23.6 Å². The molecule has 4 rings (SSSR count). The van der Waals surface area contributed by atoms with Gasteiger partial charge in [-0.15, -0.1) is 0 Å². The largest absolute Gasteiger partial charge is 0.483 e. The molecule has 1 aliphatic heterocycles. The van der Waals surface area contributed by atoms with Crippen molar-refractivity contribution < 1.29 is 23.9 Å². The third kappa shape index (κ3) is 4.86. The summed E-state index contributed by atoms with van der Waals surface area (Å²) >= 11 is 0. The molecule has 8 nitrogen and oxygen atoms in total. The molecule has 1 aliphatic rings. The van der Waals surface area contributed by atoms with E-state index < -0.39 is 17.9 Å². The van der Waals surface area contributed by atoms with Crippen molar-refractivity contribution in [1.82, 2.24) is 10.9 Å². The summed E-state index contributed by atoms with van der Waals surface area (Å²) < 4.78 is 10.6. The molecule has 0 spiro atoms. The van der Waals surface area contributed by atoms with Crippen LogP contribution in [0.2, 0.25) is 0 Å². The second-order valence-electron chi connectivity index (χ2n) is 6.97. The molecular weight excluding hydrogens is 410 g/mol. The molecule has 32 heavy (non-hydrogen) atoms. The number of hydrogen-bond acceptors (Lipinski definition) is 5. The normalized spacial score (nSPS) is 12.8. The fourth-order valence-electron chi connectivity index (χ4n) is 3.25. The standard InChI is InChI=1S/C24H21N3O5/c28-22(16-32-21-9-5-4-8-20(21)17-6-2-1-3-7-17)25-26-23(29)18-10-12-19(13-11-18)27-14-15-31-24(27)30/h1-13H,14-16H2,(H,25,28)(H,26,29). The predicted octanol–water partition coefficient (Wildman–Crippen LogP) is 3.15. The van der Waals surface area contributed by atoms with Gasteiger partial charge in [0.05, 0.1) is 6.54 Å². The Morgan fingerprint density at radius 1 is 0.906 bits per heavy atom. The molecule has 1 saturated heterocycles. The van der Waals surface area contributed by atoms with E-state index in [-0.39, 0.29) is 6.61 Å². The van der Waals surface area contributed by atoms with Crippen LogP contribution in [0, 0.1) is 0 Å². The number of hydrogen-bond donors (Lipinski definition) is 2. The summed E-state index contributed by atoms with van der Waals surface area (Å²) in [6.07, 6.45) is -0.414. The van der Waals surface area contributed by atoms with E-state index in [4.69, 9.17) is 9.47 Å². The highest BCUT2D eigenvalue weighted by atomic mass is 16.6. The smallest absolute Gasteiger partial charge is 0.414 e. The van der Waals surface area contributed by atoms with Crippen LogP contribution < -0.4 is 20.5 Å². The summed E-state index contributed by atoms with van der Waals surface area (Å²) in [5, 5.41) is 0. The summed E-state index contributed by atoms with van der Waals surface area (Å²) in [6, 6.07) is 23.5. The van der Waals surface area contributed by atoms with Gasteiger partial charge in [0.1, 0.15) is 12.4 Å². The Morgan fingerprint density at radius 3 is 2.34 bits per heavy atom. The molecule has 3 amide bonds. The molecule has 162 valence electrons. The van der Waals surface area contributed by atoms with Gasteiger partial charge in [0, 0.05) is 16.8 Å². The number of para-hydroxylation sites is 1. The second kappa shape index (κ2) is 9.65. The molecule has 0 aliphatic carbocycles. The van der Waals surface area contributed by atoms with Gasteiger partial charge in [-0.25, -0.2) is 4.79 Å². The maximum absolute atomic E-state index is 12.3. The third-order valence-electron chi connectivity index (χ3n) is 4.85. The third-order valence-corrected chi connectivity index (χ3v) is 4.85. The fraction of sp³-hybridized carbons (Fsp3) is 0.125. The van der Waals surface area contributed by atoms with Crippen molar-refractivity contribution in [3.8, 4) is 16.9 Å². The van der Waals surface area contributed by atoms with Crippen LogP contribution in [0.4, 0.5) is 10.5 Å². The molecule has 0 atom stereocenters. The Kier molecular flexibility index (Phi) is 6.31. The maximum atomic E-state index is 12.3. The van der Waals surface area contributed by atoms with Crippen molar-refractivity contribution in [2.24, 2.45) is 0 Å². The van der Waals surface area contributed by atoms with Gasteiger partial charge < -0.3 is 9.47 Å². The van der Waals surface area contributed by atoms with Gasteiger partial charge in [0.25, 0.3) is 11.8 Å². The number of amides is 3. The highest BCUT2D eigenvalue weighted by Crippen LogP contribution is 2.29. The lowest BCUT2D eigenvalue weighted by Crippen LogP contribution is -2.43. The van der Waals surface area contributed by atoms with E-state index in [1.165, 1.54) is 4.90 Å². The summed E-state index contributed by atoms with van der Waals surface area (Å²) in [6.45, 7) is 0.541. The van der Waals surface area contributed by atoms with Crippen molar-refractivity contribution in [3.63, 3.8) is 0 Å². The van der Waals surface area contributed by atoms with E-state index in [9.17, 15) is 14.4 Å². The van der Waals surface area contributed by atoms with Gasteiger partial charge >= 0.3 is 6.09 Å². The van der Waals surface area contributed by atoms with Crippen LogP contribution in [0.25, 0.3) is 11.1 Å². The van der Waals surface area contributed by atoms with Crippen LogP contribution in [-0.2, 0) is 9.53 Å². The van der Waals surface area contributed by atoms with Crippen LogP contribution in [0.5, 0.6) is 5.75 Å². The van der Waals surface area contributed by atoms with Crippen LogP contribution in [0.3, 0.4) is 0 Å². The van der Waals surface area contributed by atoms with Gasteiger partial charge in [0.15, 0.2) is 6.61 Å². The summed E-state index contributed by atoms with van der Waals surface area (Å²) in [5.41, 5.74) is 7.50. The zero-order valence-corrected chi connectivity index (χ0v) is 17.1. The Morgan fingerprint density at radius 2 is 1.62 bits per heavy atom. The topological polar surface area (TPSA) is 97.0 Å². The average molecular weight is 431 g/mol. The van der Waals surface area contributed by atoms with E-state index in [1.807, 2.05) is 48.5 Å². The number of ether oxygens (including phenoxy) is 2. The van der Waals surface area contributed by atoms with Gasteiger partial charge in [-0.1, -0.05) is 48.5 Å². The number of carbonyl (C=O) groups excluding carboxylic acids is 3. The first-order chi connectivity index (χ1) is 15.6. The zero-order chi connectivity index (χ0) is 22.3. The summed E-state index contributed by atoms with van der Waals surface area (Å²) in [4.78, 5) is 37.5. The molecule has 0 unspecified atom stereocenters. The molecule has 3 aromatic rings. The number of cyclic esters (lactones) is 1. The number of benzene rings is 3. The Bertz CT molecular complexity index is 1120. The summed E-state index contributed by atoms with van der Waals surface area (Å²) in [5.74, 6) is -0.424. The molecule has 1 fully saturated rings. The van der Waals surface area contributed by atoms with E-state index in [2.05, 4.69) is 10.9 Å². The lowest BCUT2D eigenvalue weighted by Gasteiger charge is -2.13. The van der Waals surface area contributed by atoms with Gasteiger partial charge in [-0.05, 0) is 35.9 Å². The first kappa shape index (κ1) is 20.9. The Balaban J connectivity index is 1.29. The molecule has 8 heteroatoms. The molecule has 2 N–H and O–H groups in total. The summed E-state index contributed by atoms with van der Waals surface area (Å²) in [7, 11) is 0. The van der Waals surface area contributed by atoms with Crippen molar-refractivity contribution in [2.75, 3.05) is 24.7 Å². The average Bonchev–Trinajstić information content (AvgIpc) is 3.28. The van der Waals surface area contributed by atoms with E-state index in [0.29, 0.717) is 30.2 Å². The first-order valence-corrected chi connectivity index (χ1v) is 10.0. The Hall–Kier alpha value is -4.33. The molecule has 1 heterocycles. The van der Waals surface area contributed by atoms with Gasteiger partial charge in [-0.2, -0.15) is 0 Å². The molecule has 0 bridgehead atoms. The lowest BCUT2D eigenvalue weighted by molar-refractivity contribution is -0.123. The minimum absolute atomic E-state index is 0.264. The number of carbonyl (C=O) groups is 3. The van der Waals surface area contributed by atoms with Gasteiger partial charge in [0.2, 0.25) is 0 Å². The SMILES string of the molecule is O=C(COc1ccccc1-c1ccccc1)NNC(=O)c1ccc(N2CCOC2=O)cc1. The van der Waals surface area contributed by atoms with E-state index >= 15 is 0 Å². The highest BCUT2D eigenvalue weighted by Gasteiger charge is 2.23. The molecule has 3 aromatic carbocycles. The van der Waals surface area contributed by atoms with Crippen molar-refractivity contribution in [2.45, 2.75) is 0 Å². The number of nitrogens with zero attached hydrogens (tertiary/aromatic N) is 1. The molecule has 0 saturated carbocycles. The minimum Gasteiger partial charge on any atom is -0.483 e. The predicted molar refractivity (Wildman–Crippen MR) is 118 cm³/mol. The van der Waals surface area contributed by atoms with E-state index in [1.54, 1.807) is 30.3 Å². The monoisotopic (exact) mass is 431 g/mol. The first-order valence-electron chi connectivity index (χ1n) is 10.0. The van der Waals surface area contributed by atoms with Gasteiger partial charge in [-0.3, -0.25) is 25.3 Å².